The highest BCUT2D eigenvalue weighted by Gasteiger charge is 2.37. The molecule has 0 radical (unpaired) electrons. The summed E-state index contributed by atoms with van der Waals surface area (Å²) >= 11 is 0. The maximum absolute atomic E-state index is 13.2. The minimum absolute atomic E-state index is 0.0902. The SMILES string of the molecule is COc1ccccc1C(CNCc1cc(C(F)(F)F)cc(C(F)(F)F)c1)N1CCC(CCO)CC1. The lowest BCUT2D eigenvalue weighted by Crippen LogP contribution is -2.41. The average Bonchev–Trinajstić information content (AvgIpc) is 2.81. The van der Waals surface area contributed by atoms with Gasteiger partial charge in [-0.3, -0.25) is 4.90 Å². The fourth-order valence-corrected chi connectivity index (χ4v) is 4.59. The van der Waals surface area contributed by atoms with Crippen LogP contribution in [-0.2, 0) is 18.9 Å². The molecule has 1 fully saturated rings. The van der Waals surface area contributed by atoms with Gasteiger partial charge in [0.2, 0.25) is 0 Å². The lowest BCUT2D eigenvalue weighted by molar-refractivity contribution is -0.143. The van der Waals surface area contributed by atoms with Gasteiger partial charge >= 0.3 is 12.4 Å². The predicted octanol–water partition coefficient (Wildman–Crippen LogP) is 5.66. The Balaban J connectivity index is 1.79. The molecule has 0 saturated carbocycles. The van der Waals surface area contributed by atoms with Crippen molar-refractivity contribution in [2.75, 3.05) is 33.4 Å². The van der Waals surface area contributed by atoms with Gasteiger partial charge in [-0.05, 0) is 68.1 Å². The first-order chi connectivity index (χ1) is 16.5. The number of methoxy groups -OCH3 is 1. The number of para-hydroxylation sites is 1. The van der Waals surface area contributed by atoms with Crippen LogP contribution in [0.5, 0.6) is 5.75 Å². The summed E-state index contributed by atoms with van der Waals surface area (Å²) in [6.07, 6.45) is -7.23. The maximum atomic E-state index is 13.2. The Labute approximate surface area is 200 Å². The number of hydrogen-bond donors (Lipinski definition) is 2. The number of rotatable bonds is 9. The number of nitrogens with zero attached hydrogens (tertiary/aromatic N) is 1. The standard InChI is InChI=1S/C25H30F6N2O2/c1-35-23-5-3-2-4-21(23)22(33-9-6-17(7-10-33)8-11-34)16-32-15-18-12-19(24(26,27)28)14-20(13-18)25(29,30)31/h2-5,12-14,17,22,32,34H,6-11,15-16H2,1H3. The number of likely N-dealkylation sites (tertiary alicyclic amines) is 1. The molecule has 0 bridgehead atoms. The van der Waals surface area contributed by atoms with Crippen molar-refractivity contribution < 1.29 is 36.2 Å². The Morgan fingerprint density at radius 3 is 2.14 bits per heavy atom. The second-order valence-corrected chi connectivity index (χ2v) is 8.79. The molecule has 4 nitrogen and oxygen atoms in total. The van der Waals surface area contributed by atoms with Crippen LogP contribution in [0.2, 0.25) is 0 Å². The molecule has 0 aromatic heterocycles. The van der Waals surface area contributed by atoms with Crippen LogP contribution in [0, 0.1) is 5.92 Å². The summed E-state index contributed by atoms with van der Waals surface area (Å²) in [5, 5.41) is 12.3. The zero-order valence-corrected chi connectivity index (χ0v) is 19.4. The van der Waals surface area contributed by atoms with Gasteiger partial charge in [0.25, 0.3) is 0 Å². The number of hydrogen-bond acceptors (Lipinski definition) is 4. The number of halogens is 6. The van der Waals surface area contributed by atoms with Crippen molar-refractivity contribution in [1.29, 1.82) is 0 Å². The Morgan fingerprint density at radius 1 is 1.00 bits per heavy atom. The van der Waals surface area contributed by atoms with Gasteiger partial charge in [0, 0.05) is 25.3 Å². The molecule has 10 heteroatoms. The van der Waals surface area contributed by atoms with E-state index >= 15 is 0 Å². The monoisotopic (exact) mass is 504 g/mol. The zero-order chi connectivity index (χ0) is 25.6. The van der Waals surface area contributed by atoms with Crippen molar-refractivity contribution in [3.63, 3.8) is 0 Å². The van der Waals surface area contributed by atoms with Gasteiger partial charge in [-0.2, -0.15) is 26.3 Å². The highest BCUT2D eigenvalue weighted by Crippen LogP contribution is 2.37. The summed E-state index contributed by atoms with van der Waals surface area (Å²) in [7, 11) is 1.55. The van der Waals surface area contributed by atoms with E-state index in [0.717, 1.165) is 50.0 Å². The Kier molecular flexibility index (Phi) is 9.06. The number of aliphatic hydroxyl groups excluding tert-OH is 1. The summed E-state index contributed by atoms with van der Waals surface area (Å²) in [4.78, 5) is 2.24. The zero-order valence-electron chi connectivity index (χ0n) is 19.4. The van der Waals surface area contributed by atoms with E-state index in [0.29, 0.717) is 18.2 Å². The van der Waals surface area contributed by atoms with Gasteiger partial charge in [-0.15, -0.1) is 0 Å². The van der Waals surface area contributed by atoms with E-state index in [1.54, 1.807) is 7.11 Å². The van der Waals surface area contributed by atoms with Gasteiger partial charge in [-0.25, -0.2) is 0 Å². The van der Waals surface area contributed by atoms with Crippen molar-refractivity contribution in [3.8, 4) is 5.75 Å². The fourth-order valence-electron chi connectivity index (χ4n) is 4.59. The third-order valence-electron chi connectivity index (χ3n) is 6.44. The van der Waals surface area contributed by atoms with E-state index in [-0.39, 0.29) is 30.8 Å². The van der Waals surface area contributed by atoms with Gasteiger partial charge in [0.05, 0.1) is 24.3 Å². The highest BCUT2D eigenvalue weighted by molar-refractivity contribution is 5.37. The van der Waals surface area contributed by atoms with Crippen LogP contribution < -0.4 is 10.1 Å². The average molecular weight is 505 g/mol. The third-order valence-corrected chi connectivity index (χ3v) is 6.44. The van der Waals surface area contributed by atoms with Crippen LogP contribution in [0.15, 0.2) is 42.5 Å². The molecular weight excluding hydrogens is 474 g/mol. The number of ether oxygens (including phenoxy) is 1. The molecule has 1 heterocycles. The number of benzene rings is 2. The van der Waals surface area contributed by atoms with E-state index in [9.17, 15) is 31.4 Å². The molecule has 2 N–H and O–H groups in total. The third kappa shape index (κ3) is 7.35. The fraction of sp³-hybridized carbons (Fsp3) is 0.520. The van der Waals surface area contributed by atoms with Gasteiger partial charge < -0.3 is 15.2 Å². The van der Waals surface area contributed by atoms with Crippen molar-refractivity contribution in [1.82, 2.24) is 10.2 Å². The topological polar surface area (TPSA) is 44.7 Å². The first-order valence-corrected chi connectivity index (χ1v) is 11.5. The minimum atomic E-state index is -4.88. The quantitative estimate of drug-likeness (QED) is 0.433. The Morgan fingerprint density at radius 2 is 1.60 bits per heavy atom. The number of nitrogens with one attached hydrogen (secondary N) is 1. The highest BCUT2D eigenvalue weighted by atomic mass is 19.4. The summed E-state index contributed by atoms with van der Waals surface area (Å²) in [6.45, 7) is 1.81. The predicted molar refractivity (Wildman–Crippen MR) is 120 cm³/mol. The van der Waals surface area contributed by atoms with Crippen LogP contribution in [0.4, 0.5) is 26.3 Å². The molecule has 1 saturated heterocycles. The van der Waals surface area contributed by atoms with Crippen molar-refractivity contribution >= 4 is 0 Å². The molecule has 3 rings (SSSR count). The van der Waals surface area contributed by atoms with Crippen molar-refractivity contribution in [2.45, 2.75) is 44.2 Å². The lowest BCUT2D eigenvalue weighted by atomic mass is 9.91. The van der Waals surface area contributed by atoms with Crippen LogP contribution >= 0.6 is 0 Å². The molecule has 1 aliphatic heterocycles. The molecule has 1 aliphatic rings. The van der Waals surface area contributed by atoms with E-state index in [1.807, 2.05) is 24.3 Å². The van der Waals surface area contributed by atoms with E-state index < -0.39 is 23.5 Å². The van der Waals surface area contributed by atoms with E-state index in [1.165, 1.54) is 0 Å². The second-order valence-electron chi connectivity index (χ2n) is 8.79. The smallest absolute Gasteiger partial charge is 0.416 e. The van der Waals surface area contributed by atoms with Crippen LogP contribution in [0.3, 0.4) is 0 Å². The number of aliphatic hydroxyl groups is 1. The Hall–Kier alpha value is -2.30. The van der Waals surface area contributed by atoms with Crippen LogP contribution in [0.1, 0.15) is 47.6 Å². The molecule has 0 aliphatic carbocycles. The first-order valence-electron chi connectivity index (χ1n) is 11.5. The molecule has 2 aromatic rings. The lowest BCUT2D eigenvalue weighted by Gasteiger charge is -2.38. The van der Waals surface area contributed by atoms with Crippen LogP contribution in [-0.4, -0.2) is 43.4 Å². The maximum Gasteiger partial charge on any atom is 0.416 e. The molecule has 2 aromatic carbocycles. The van der Waals surface area contributed by atoms with Crippen molar-refractivity contribution in [2.24, 2.45) is 5.92 Å². The largest absolute Gasteiger partial charge is 0.496 e. The summed E-state index contributed by atoms with van der Waals surface area (Å²) in [5.74, 6) is 1.09. The molecular formula is C25H30F6N2O2. The normalized spacial score (nSPS) is 16.9. The molecule has 0 spiro atoms. The van der Waals surface area contributed by atoms with E-state index in [2.05, 4.69) is 10.2 Å². The Bertz CT molecular complexity index is 923. The van der Waals surface area contributed by atoms with Crippen LogP contribution in [0.25, 0.3) is 0 Å². The molecule has 1 unspecified atom stereocenters. The van der Waals surface area contributed by atoms with Gasteiger partial charge in [0.15, 0.2) is 0 Å². The molecule has 35 heavy (non-hydrogen) atoms. The van der Waals surface area contributed by atoms with Gasteiger partial charge in [-0.1, -0.05) is 18.2 Å². The molecule has 0 amide bonds. The summed E-state index contributed by atoms with van der Waals surface area (Å²) < 4.78 is 84.7. The second kappa shape index (κ2) is 11.6. The number of piperidine rings is 1. The van der Waals surface area contributed by atoms with E-state index in [4.69, 9.17) is 4.74 Å². The minimum Gasteiger partial charge on any atom is -0.496 e. The molecule has 194 valence electrons. The van der Waals surface area contributed by atoms with Gasteiger partial charge in [0.1, 0.15) is 5.75 Å². The molecule has 1 atom stereocenters. The summed E-state index contributed by atoms with van der Waals surface area (Å²) in [5.41, 5.74) is -1.84. The van der Waals surface area contributed by atoms with Crippen molar-refractivity contribution in [3.05, 3.63) is 64.7 Å². The summed E-state index contributed by atoms with van der Waals surface area (Å²) in [6, 6.07) is 8.89. The first kappa shape index (κ1) is 27.3. The number of alkyl halides is 6.